The van der Waals surface area contributed by atoms with E-state index >= 15 is 0 Å². The summed E-state index contributed by atoms with van der Waals surface area (Å²) in [6, 6.07) is 31.6. The minimum absolute atomic E-state index is 0.236. The highest BCUT2D eigenvalue weighted by atomic mass is 32.2. The lowest BCUT2D eigenvalue weighted by molar-refractivity contribution is -0.130. The van der Waals surface area contributed by atoms with Gasteiger partial charge in [-0.1, -0.05) is 104 Å². The average molecular weight is 471 g/mol. The van der Waals surface area contributed by atoms with E-state index in [9.17, 15) is 4.79 Å². The summed E-state index contributed by atoms with van der Waals surface area (Å²) >= 11 is 1.25. The normalized spacial score (nSPS) is 10.9. The van der Waals surface area contributed by atoms with Gasteiger partial charge in [0.15, 0.2) is 0 Å². The fourth-order valence-electron chi connectivity index (χ4n) is 4.09. The fraction of sp³-hybridized carbons (Fsp3) is 0.241. The van der Waals surface area contributed by atoms with E-state index < -0.39 is 0 Å². The van der Waals surface area contributed by atoms with Crippen LogP contribution in [-0.4, -0.2) is 21.5 Å². The van der Waals surface area contributed by atoms with E-state index in [2.05, 4.69) is 89.6 Å². The van der Waals surface area contributed by atoms with Crippen LogP contribution in [-0.2, 0) is 15.5 Å². The summed E-state index contributed by atoms with van der Waals surface area (Å²) in [6.45, 7) is 2.29. The molecule has 0 fully saturated rings. The number of hydrogen-bond donors (Lipinski definition) is 0. The third-order valence-electron chi connectivity index (χ3n) is 5.63. The molecule has 174 valence electrons. The molecule has 0 aliphatic carbocycles. The first-order valence-corrected chi connectivity index (χ1v) is 12.7. The van der Waals surface area contributed by atoms with E-state index in [4.69, 9.17) is 9.28 Å². The third kappa shape index (κ3) is 6.17. The molecule has 0 radical (unpaired) electrons. The SMILES string of the molecule is CC(=O)OSCCCCCCn1nc(-c2ccccc2)c(-c2ccccc2)c1-c1ccccc1. The number of hydrogen-bond acceptors (Lipinski definition) is 4. The van der Waals surface area contributed by atoms with Gasteiger partial charge in [-0.3, -0.25) is 9.48 Å². The van der Waals surface area contributed by atoms with Crippen molar-refractivity contribution in [2.75, 3.05) is 5.75 Å². The third-order valence-corrected chi connectivity index (χ3v) is 6.44. The second-order valence-corrected chi connectivity index (χ2v) is 9.02. The molecule has 0 bridgehead atoms. The molecule has 1 aromatic heterocycles. The molecule has 0 amide bonds. The number of benzene rings is 3. The number of aryl methyl sites for hydroxylation is 1. The Kier molecular flexibility index (Phi) is 8.58. The van der Waals surface area contributed by atoms with Crippen LogP contribution < -0.4 is 0 Å². The monoisotopic (exact) mass is 470 g/mol. The molecule has 1 heterocycles. The van der Waals surface area contributed by atoms with E-state index in [0.29, 0.717) is 0 Å². The summed E-state index contributed by atoms with van der Waals surface area (Å²) in [5, 5.41) is 5.15. The predicted octanol–water partition coefficient (Wildman–Crippen LogP) is 7.66. The molecular formula is C29H30N2O2S. The van der Waals surface area contributed by atoms with E-state index in [1.54, 1.807) is 0 Å². The minimum Gasteiger partial charge on any atom is -0.392 e. The fourth-order valence-corrected chi connectivity index (χ4v) is 4.66. The van der Waals surface area contributed by atoms with Crippen LogP contribution in [0.15, 0.2) is 91.0 Å². The molecule has 0 N–H and O–H groups in total. The average Bonchev–Trinajstić information content (AvgIpc) is 3.26. The van der Waals surface area contributed by atoms with Gasteiger partial charge in [-0.05, 0) is 18.4 Å². The quantitative estimate of drug-likeness (QED) is 0.167. The Morgan fingerprint density at radius 1 is 0.765 bits per heavy atom. The number of unbranched alkanes of at least 4 members (excludes halogenated alkanes) is 3. The van der Waals surface area contributed by atoms with Gasteiger partial charge in [0.2, 0.25) is 0 Å². The number of rotatable bonds is 11. The van der Waals surface area contributed by atoms with Crippen LogP contribution in [0.3, 0.4) is 0 Å². The largest absolute Gasteiger partial charge is 0.392 e. The van der Waals surface area contributed by atoms with Crippen LogP contribution in [0.4, 0.5) is 0 Å². The highest BCUT2D eigenvalue weighted by molar-refractivity contribution is 7.95. The van der Waals surface area contributed by atoms with Crippen molar-refractivity contribution < 1.29 is 8.98 Å². The molecule has 0 aliphatic heterocycles. The number of carbonyl (C=O) groups excluding carboxylic acids is 1. The molecule has 0 saturated carbocycles. The molecule has 0 unspecified atom stereocenters. The zero-order valence-electron chi connectivity index (χ0n) is 19.5. The van der Waals surface area contributed by atoms with Crippen LogP contribution in [0, 0.1) is 0 Å². The van der Waals surface area contributed by atoms with Crippen molar-refractivity contribution in [2.24, 2.45) is 0 Å². The molecule has 4 rings (SSSR count). The van der Waals surface area contributed by atoms with Gasteiger partial charge in [0.1, 0.15) is 5.69 Å². The zero-order chi connectivity index (χ0) is 23.6. The second kappa shape index (κ2) is 12.2. The van der Waals surface area contributed by atoms with Crippen molar-refractivity contribution in [1.29, 1.82) is 0 Å². The Morgan fingerprint density at radius 3 is 1.94 bits per heavy atom. The zero-order valence-corrected chi connectivity index (χ0v) is 20.3. The first-order chi connectivity index (χ1) is 16.7. The van der Waals surface area contributed by atoms with Crippen molar-refractivity contribution in [1.82, 2.24) is 9.78 Å². The highest BCUT2D eigenvalue weighted by Crippen LogP contribution is 2.40. The van der Waals surface area contributed by atoms with Crippen LogP contribution in [0.1, 0.15) is 32.6 Å². The molecule has 0 aliphatic rings. The van der Waals surface area contributed by atoms with Crippen LogP contribution in [0.5, 0.6) is 0 Å². The van der Waals surface area contributed by atoms with Crippen LogP contribution >= 0.6 is 12.0 Å². The van der Waals surface area contributed by atoms with Gasteiger partial charge in [0.05, 0.1) is 17.7 Å². The van der Waals surface area contributed by atoms with Gasteiger partial charge in [-0.25, -0.2) is 0 Å². The second-order valence-electron chi connectivity index (χ2n) is 8.20. The summed E-state index contributed by atoms with van der Waals surface area (Å²) in [4.78, 5) is 10.9. The summed E-state index contributed by atoms with van der Waals surface area (Å²) < 4.78 is 7.13. The molecule has 0 spiro atoms. The lowest BCUT2D eigenvalue weighted by Crippen LogP contribution is -2.03. The van der Waals surface area contributed by atoms with Crippen LogP contribution in [0.2, 0.25) is 0 Å². The number of nitrogens with zero attached hydrogens (tertiary/aromatic N) is 2. The summed E-state index contributed by atoms with van der Waals surface area (Å²) in [7, 11) is 0. The number of aromatic nitrogens is 2. The number of carbonyl (C=O) groups is 1. The van der Waals surface area contributed by atoms with Gasteiger partial charge in [-0.2, -0.15) is 5.10 Å². The molecular weight excluding hydrogens is 440 g/mol. The topological polar surface area (TPSA) is 44.1 Å². The van der Waals surface area contributed by atoms with Crippen molar-refractivity contribution in [3.63, 3.8) is 0 Å². The van der Waals surface area contributed by atoms with Crippen molar-refractivity contribution in [3.05, 3.63) is 91.0 Å². The predicted molar refractivity (Wildman–Crippen MR) is 141 cm³/mol. The highest BCUT2D eigenvalue weighted by Gasteiger charge is 2.21. The standard InChI is InChI=1S/C29H30N2O2S/c1-23(32)33-34-22-14-3-2-13-21-31-29(26-19-11-6-12-20-26)27(24-15-7-4-8-16-24)28(30-31)25-17-9-5-10-18-25/h4-12,15-20H,2-3,13-14,21-22H2,1H3. The molecule has 34 heavy (non-hydrogen) atoms. The van der Waals surface area contributed by atoms with Crippen molar-refractivity contribution >= 4 is 18.0 Å². The molecule has 0 atom stereocenters. The maximum Gasteiger partial charge on any atom is 0.314 e. The molecule has 0 saturated heterocycles. The Labute approximate surface area is 206 Å². The smallest absolute Gasteiger partial charge is 0.314 e. The van der Waals surface area contributed by atoms with Crippen molar-refractivity contribution in [2.45, 2.75) is 39.2 Å². The van der Waals surface area contributed by atoms with Gasteiger partial charge < -0.3 is 4.18 Å². The molecule has 5 heteroatoms. The van der Waals surface area contributed by atoms with Gasteiger partial charge in [0.25, 0.3) is 0 Å². The maximum atomic E-state index is 10.9. The van der Waals surface area contributed by atoms with Gasteiger partial charge in [0, 0.05) is 35.9 Å². The molecule has 4 aromatic rings. The van der Waals surface area contributed by atoms with E-state index in [1.165, 1.54) is 35.7 Å². The Balaban J connectivity index is 1.61. The Bertz CT molecular complexity index is 1180. The molecule has 4 nitrogen and oxygen atoms in total. The maximum absolute atomic E-state index is 10.9. The first kappa shape index (κ1) is 23.8. The van der Waals surface area contributed by atoms with Gasteiger partial charge in [-0.15, -0.1) is 0 Å². The summed E-state index contributed by atoms with van der Waals surface area (Å²) in [5.74, 6) is 0.605. The van der Waals surface area contributed by atoms with Gasteiger partial charge >= 0.3 is 5.97 Å². The van der Waals surface area contributed by atoms with E-state index in [0.717, 1.165) is 54.9 Å². The summed E-state index contributed by atoms with van der Waals surface area (Å²) in [6.07, 6.45) is 4.29. The van der Waals surface area contributed by atoms with E-state index in [-0.39, 0.29) is 5.97 Å². The Hall–Kier alpha value is -3.31. The van der Waals surface area contributed by atoms with E-state index in [1.807, 2.05) is 6.07 Å². The lowest BCUT2D eigenvalue weighted by Gasteiger charge is -2.11. The van der Waals surface area contributed by atoms with Crippen molar-refractivity contribution in [3.8, 4) is 33.6 Å². The molecule has 3 aromatic carbocycles. The minimum atomic E-state index is -0.236. The Morgan fingerprint density at radius 2 is 1.32 bits per heavy atom. The lowest BCUT2D eigenvalue weighted by atomic mass is 9.96. The summed E-state index contributed by atoms with van der Waals surface area (Å²) in [5.41, 5.74) is 6.83. The first-order valence-electron chi connectivity index (χ1n) is 11.8. The van der Waals surface area contributed by atoms with Crippen LogP contribution in [0.25, 0.3) is 33.6 Å².